The minimum atomic E-state index is -1.87. The normalized spacial score (nSPS) is 12.1. The molecule has 0 heterocycles. The largest absolute Gasteiger partial charge is 0.496 e. The smallest absolute Gasteiger partial charge is 0.177 e. The molecule has 0 unspecified atom stereocenters. The van der Waals surface area contributed by atoms with E-state index >= 15 is 0 Å². The lowest BCUT2D eigenvalue weighted by molar-refractivity contribution is 0.409. The Balaban J connectivity index is 2.12. The van der Waals surface area contributed by atoms with E-state index in [1.54, 1.807) is 14.2 Å². The molecule has 0 atom stereocenters. The van der Waals surface area contributed by atoms with E-state index in [1.807, 2.05) is 24.3 Å². The highest BCUT2D eigenvalue weighted by atomic mass is 28.4. The monoisotopic (exact) mass is 374 g/mol. The van der Waals surface area contributed by atoms with Crippen molar-refractivity contribution < 1.29 is 13.6 Å². The number of methoxy groups -OCH3 is 2. The summed E-state index contributed by atoms with van der Waals surface area (Å²) in [5.74, 6) is 1.91. The average molecular weight is 375 g/mol. The number of ether oxygens (including phenoxy) is 2. The zero-order chi connectivity index (χ0) is 18.5. The predicted octanol–water partition coefficient (Wildman–Crippen LogP) is 4.99. The van der Waals surface area contributed by atoms with Gasteiger partial charge in [0.15, 0.2) is 16.6 Å². The Morgan fingerprint density at radius 3 is 1.36 bits per heavy atom. The van der Waals surface area contributed by atoms with E-state index in [0.717, 1.165) is 23.6 Å². The van der Waals surface area contributed by atoms with Gasteiger partial charge in [-0.05, 0) is 61.5 Å². The van der Waals surface area contributed by atoms with Gasteiger partial charge in [0, 0.05) is 0 Å². The Labute approximate surface area is 154 Å². The first kappa shape index (κ1) is 19.8. The first-order valence-corrected chi connectivity index (χ1v) is 14.9. The fourth-order valence-electron chi connectivity index (χ4n) is 3.44. The summed E-state index contributed by atoms with van der Waals surface area (Å²) in [4.78, 5) is 0. The molecular weight excluding hydrogens is 344 g/mol. The second-order valence-corrected chi connectivity index (χ2v) is 16.2. The molecule has 0 amide bonds. The third-order valence-corrected chi connectivity index (χ3v) is 11.1. The molecule has 0 bridgehead atoms. The third kappa shape index (κ3) is 5.73. The lowest BCUT2D eigenvalue weighted by Gasteiger charge is -2.34. The molecule has 2 rings (SSSR count). The van der Waals surface area contributed by atoms with Crippen molar-refractivity contribution in [2.24, 2.45) is 0 Å². The Kier molecular flexibility index (Phi) is 6.49. The Hall–Kier alpha value is -1.57. The molecule has 0 saturated carbocycles. The minimum Gasteiger partial charge on any atom is -0.496 e. The zero-order valence-corrected chi connectivity index (χ0v) is 18.3. The van der Waals surface area contributed by atoms with Gasteiger partial charge in [0.05, 0.1) is 14.2 Å². The Morgan fingerprint density at radius 1 is 0.640 bits per heavy atom. The summed E-state index contributed by atoms with van der Waals surface area (Å²) in [6, 6.07) is 18.4. The van der Waals surface area contributed by atoms with Crippen LogP contribution in [-0.2, 0) is 16.2 Å². The number of hydrogen-bond acceptors (Lipinski definition) is 3. The van der Waals surface area contributed by atoms with Gasteiger partial charge in [0.1, 0.15) is 11.5 Å². The number of para-hydroxylation sites is 2. The molecule has 0 aliphatic heterocycles. The van der Waals surface area contributed by atoms with Crippen molar-refractivity contribution >= 4 is 16.6 Å². The number of hydrogen-bond donors (Lipinski definition) is 0. The molecule has 0 aliphatic carbocycles. The lowest BCUT2D eigenvalue weighted by atomic mass is 10.2. The summed E-state index contributed by atoms with van der Waals surface area (Å²) in [5, 5.41) is 0. The van der Waals surface area contributed by atoms with Gasteiger partial charge < -0.3 is 13.6 Å². The fourth-order valence-corrected chi connectivity index (χ4v) is 12.4. The SMILES string of the molecule is COc1ccccc1C[Si](C)(C)O[Si](C)(C)Cc1ccccc1OC. The summed E-state index contributed by atoms with van der Waals surface area (Å²) in [6.45, 7) is 9.21. The van der Waals surface area contributed by atoms with Crippen LogP contribution in [0, 0.1) is 0 Å². The van der Waals surface area contributed by atoms with Gasteiger partial charge in [-0.3, -0.25) is 0 Å². The van der Waals surface area contributed by atoms with Crippen molar-refractivity contribution in [1.82, 2.24) is 0 Å². The van der Waals surface area contributed by atoms with Crippen LogP contribution in [0.15, 0.2) is 48.5 Å². The highest BCUT2D eigenvalue weighted by molar-refractivity contribution is 6.84. The van der Waals surface area contributed by atoms with Crippen LogP contribution < -0.4 is 9.47 Å². The van der Waals surface area contributed by atoms with Crippen LogP contribution in [0.3, 0.4) is 0 Å². The molecule has 0 spiro atoms. The molecule has 3 nitrogen and oxygen atoms in total. The van der Waals surface area contributed by atoms with E-state index in [0.29, 0.717) is 0 Å². The second kappa shape index (κ2) is 8.21. The van der Waals surface area contributed by atoms with E-state index in [-0.39, 0.29) is 0 Å². The topological polar surface area (TPSA) is 27.7 Å². The quantitative estimate of drug-likeness (QED) is 0.609. The van der Waals surface area contributed by atoms with Crippen LogP contribution in [0.5, 0.6) is 11.5 Å². The van der Waals surface area contributed by atoms with Gasteiger partial charge in [-0.25, -0.2) is 0 Å². The first-order chi connectivity index (χ1) is 11.8. The van der Waals surface area contributed by atoms with Crippen LogP contribution in [0.25, 0.3) is 0 Å². The standard InChI is InChI=1S/C20H30O3Si2/c1-21-19-13-9-7-11-17(19)15-24(3,4)23-25(5,6)16-18-12-8-10-14-20(18)22-2/h7-14H,15-16H2,1-6H3. The van der Waals surface area contributed by atoms with Crippen LogP contribution >= 0.6 is 0 Å². The van der Waals surface area contributed by atoms with E-state index in [1.165, 1.54) is 11.1 Å². The third-order valence-electron chi connectivity index (χ3n) is 4.17. The molecule has 0 saturated heterocycles. The van der Waals surface area contributed by atoms with E-state index < -0.39 is 16.6 Å². The van der Waals surface area contributed by atoms with Crippen LogP contribution in [-0.4, -0.2) is 30.9 Å². The van der Waals surface area contributed by atoms with Crippen molar-refractivity contribution in [2.75, 3.05) is 14.2 Å². The fraction of sp³-hybridized carbons (Fsp3) is 0.400. The molecule has 0 N–H and O–H groups in total. The van der Waals surface area contributed by atoms with Gasteiger partial charge in [-0.2, -0.15) is 0 Å². The molecule has 136 valence electrons. The highest BCUT2D eigenvalue weighted by Crippen LogP contribution is 2.28. The van der Waals surface area contributed by atoms with Crippen molar-refractivity contribution in [3.63, 3.8) is 0 Å². The van der Waals surface area contributed by atoms with Gasteiger partial charge in [0.25, 0.3) is 0 Å². The maximum atomic E-state index is 6.80. The molecule has 0 fully saturated rings. The van der Waals surface area contributed by atoms with Gasteiger partial charge >= 0.3 is 0 Å². The Bertz CT molecular complexity index is 639. The first-order valence-electron chi connectivity index (χ1n) is 8.70. The molecule has 0 aromatic heterocycles. The molecular formula is C20H30O3Si2. The number of rotatable bonds is 8. The van der Waals surface area contributed by atoms with Crippen LogP contribution in [0.1, 0.15) is 11.1 Å². The van der Waals surface area contributed by atoms with Crippen molar-refractivity contribution in [3.8, 4) is 11.5 Å². The lowest BCUT2D eigenvalue weighted by Crippen LogP contribution is -2.47. The molecule has 0 radical (unpaired) electrons. The van der Waals surface area contributed by atoms with E-state index in [9.17, 15) is 0 Å². The molecule has 2 aromatic rings. The maximum absolute atomic E-state index is 6.80. The van der Waals surface area contributed by atoms with Crippen LogP contribution in [0.2, 0.25) is 26.2 Å². The average Bonchev–Trinajstić information content (AvgIpc) is 2.54. The van der Waals surface area contributed by atoms with Gasteiger partial charge in [0.2, 0.25) is 0 Å². The summed E-state index contributed by atoms with van der Waals surface area (Å²) >= 11 is 0. The van der Waals surface area contributed by atoms with Gasteiger partial charge in [-0.1, -0.05) is 36.4 Å². The highest BCUT2D eigenvalue weighted by Gasteiger charge is 2.34. The van der Waals surface area contributed by atoms with Crippen molar-refractivity contribution in [1.29, 1.82) is 0 Å². The maximum Gasteiger partial charge on any atom is 0.177 e. The van der Waals surface area contributed by atoms with Gasteiger partial charge in [-0.15, -0.1) is 0 Å². The van der Waals surface area contributed by atoms with Crippen molar-refractivity contribution in [3.05, 3.63) is 59.7 Å². The van der Waals surface area contributed by atoms with Crippen molar-refractivity contribution in [2.45, 2.75) is 38.3 Å². The molecule has 25 heavy (non-hydrogen) atoms. The summed E-state index contributed by atoms with van der Waals surface area (Å²) in [7, 11) is -0.274. The van der Waals surface area contributed by atoms with E-state index in [4.69, 9.17) is 13.6 Å². The Morgan fingerprint density at radius 2 is 1.00 bits per heavy atom. The molecule has 2 aromatic carbocycles. The number of benzene rings is 2. The molecule has 5 heteroatoms. The zero-order valence-electron chi connectivity index (χ0n) is 16.3. The summed E-state index contributed by atoms with van der Waals surface area (Å²) in [6.07, 6.45) is 0. The van der Waals surface area contributed by atoms with E-state index in [2.05, 4.69) is 50.5 Å². The summed E-state index contributed by atoms with van der Waals surface area (Å²) < 4.78 is 17.8. The second-order valence-electron chi connectivity index (χ2n) is 7.60. The summed E-state index contributed by atoms with van der Waals surface area (Å²) in [5.41, 5.74) is 2.48. The minimum absolute atomic E-state index is 0.955. The predicted molar refractivity (Wildman–Crippen MR) is 109 cm³/mol. The molecule has 0 aliphatic rings. The van der Waals surface area contributed by atoms with Crippen LogP contribution in [0.4, 0.5) is 0 Å².